The van der Waals surface area contributed by atoms with Crippen LogP contribution in [0.1, 0.15) is 33.9 Å². The van der Waals surface area contributed by atoms with Crippen LogP contribution in [0.3, 0.4) is 0 Å². The standard InChI is InChI=1S/C21H22N4O7S/c1-22-25(10-12-4-5-14-13(9-12)19(30)24-16(11-26)23-14)21(20(31)32,7-6-17(27)28)18(29)15-3-2-8-33-15/h2-5,8-9,22,26H,6-7,10-11H2,1H3,(H,27,28)(H,31,32)(H,23,24,30)/t21-/m1/s1. The lowest BCUT2D eigenvalue weighted by Crippen LogP contribution is -2.63. The maximum Gasteiger partial charge on any atom is 0.333 e. The first-order chi connectivity index (χ1) is 15.7. The Hall–Kier alpha value is -3.45. The molecule has 11 nitrogen and oxygen atoms in total. The van der Waals surface area contributed by atoms with Crippen molar-refractivity contribution in [2.45, 2.75) is 31.5 Å². The predicted molar refractivity (Wildman–Crippen MR) is 119 cm³/mol. The third kappa shape index (κ3) is 4.83. The Morgan fingerprint density at radius 2 is 2.00 bits per heavy atom. The molecule has 0 fully saturated rings. The van der Waals surface area contributed by atoms with Crippen molar-refractivity contribution >= 4 is 40.0 Å². The number of nitrogens with one attached hydrogen (secondary N) is 2. The van der Waals surface area contributed by atoms with Crippen molar-refractivity contribution in [1.29, 1.82) is 0 Å². The fourth-order valence-corrected chi connectivity index (χ4v) is 4.32. The van der Waals surface area contributed by atoms with Crippen LogP contribution in [-0.2, 0) is 22.7 Å². The first kappa shape index (κ1) is 24.2. The fourth-order valence-electron chi connectivity index (χ4n) is 3.58. The van der Waals surface area contributed by atoms with Gasteiger partial charge in [0.25, 0.3) is 5.56 Å². The minimum Gasteiger partial charge on any atom is -0.481 e. The van der Waals surface area contributed by atoms with Gasteiger partial charge in [-0.3, -0.25) is 19.8 Å². The summed E-state index contributed by atoms with van der Waals surface area (Å²) in [5.74, 6) is -3.37. The number of rotatable bonds is 11. The largest absolute Gasteiger partial charge is 0.481 e. The number of carbonyl (C=O) groups is 3. The molecule has 1 atom stereocenters. The molecule has 0 unspecified atom stereocenters. The van der Waals surface area contributed by atoms with Crippen molar-refractivity contribution < 1.29 is 29.7 Å². The van der Waals surface area contributed by atoms with Gasteiger partial charge < -0.3 is 20.3 Å². The van der Waals surface area contributed by atoms with E-state index in [1.54, 1.807) is 23.6 Å². The molecule has 0 spiro atoms. The Morgan fingerprint density at radius 3 is 2.58 bits per heavy atom. The molecule has 3 aromatic rings. The Balaban J connectivity index is 2.07. The van der Waals surface area contributed by atoms with Crippen LogP contribution in [0, 0.1) is 0 Å². The lowest BCUT2D eigenvalue weighted by Gasteiger charge is -2.38. The maximum absolute atomic E-state index is 13.4. The third-order valence-electron chi connectivity index (χ3n) is 5.22. The minimum absolute atomic E-state index is 0.109. The molecular weight excluding hydrogens is 452 g/mol. The van der Waals surface area contributed by atoms with Crippen LogP contribution in [0.25, 0.3) is 10.9 Å². The molecule has 0 aliphatic rings. The number of thiophene rings is 1. The van der Waals surface area contributed by atoms with E-state index < -0.39 is 48.3 Å². The smallest absolute Gasteiger partial charge is 0.333 e. The van der Waals surface area contributed by atoms with E-state index in [1.165, 1.54) is 24.2 Å². The zero-order valence-electron chi connectivity index (χ0n) is 17.6. The molecule has 0 radical (unpaired) electrons. The van der Waals surface area contributed by atoms with Gasteiger partial charge in [-0.15, -0.1) is 11.3 Å². The molecule has 174 valence electrons. The summed E-state index contributed by atoms with van der Waals surface area (Å²) in [5.41, 5.74) is 0.867. The highest BCUT2D eigenvalue weighted by molar-refractivity contribution is 7.12. The summed E-state index contributed by atoms with van der Waals surface area (Å²) in [7, 11) is 1.43. The van der Waals surface area contributed by atoms with E-state index in [2.05, 4.69) is 15.4 Å². The molecule has 1 aromatic carbocycles. The topological polar surface area (TPSA) is 173 Å². The van der Waals surface area contributed by atoms with Gasteiger partial charge in [0.2, 0.25) is 5.78 Å². The van der Waals surface area contributed by atoms with Crippen LogP contribution in [-0.4, -0.2) is 60.6 Å². The quantitative estimate of drug-likeness (QED) is 0.153. The number of carboxylic acid groups (broad SMARTS) is 2. The van der Waals surface area contributed by atoms with Gasteiger partial charge in [-0.1, -0.05) is 12.1 Å². The van der Waals surface area contributed by atoms with E-state index in [1.807, 2.05) is 0 Å². The van der Waals surface area contributed by atoms with Gasteiger partial charge in [0.1, 0.15) is 12.4 Å². The number of H-pyrrole nitrogens is 1. The van der Waals surface area contributed by atoms with E-state index in [-0.39, 0.29) is 22.6 Å². The minimum atomic E-state index is -2.21. The number of fused-ring (bicyclic) bond motifs is 1. The summed E-state index contributed by atoms with van der Waals surface area (Å²) in [6, 6.07) is 7.76. The van der Waals surface area contributed by atoms with Gasteiger partial charge in [0, 0.05) is 13.0 Å². The molecule has 0 saturated carbocycles. The second kappa shape index (κ2) is 10.0. The maximum atomic E-state index is 13.4. The zero-order valence-corrected chi connectivity index (χ0v) is 18.4. The first-order valence-electron chi connectivity index (χ1n) is 9.84. The van der Waals surface area contributed by atoms with E-state index in [0.29, 0.717) is 11.1 Å². The van der Waals surface area contributed by atoms with Gasteiger partial charge in [0.15, 0.2) is 5.54 Å². The summed E-state index contributed by atoms with van der Waals surface area (Å²) in [6.45, 7) is -0.563. The average molecular weight is 474 g/mol. The normalized spacial score (nSPS) is 13.2. The Labute approximate surface area is 191 Å². The van der Waals surface area contributed by atoms with Gasteiger partial charge in [-0.25, -0.2) is 14.8 Å². The van der Waals surface area contributed by atoms with Gasteiger partial charge >= 0.3 is 11.9 Å². The molecule has 0 saturated heterocycles. The van der Waals surface area contributed by atoms with Crippen molar-refractivity contribution in [1.82, 2.24) is 20.4 Å². The van der Waals surface area contributed by atoms with Crippen LogP contribution in [0.5, 0.6) is 0 Å². The van der Waals surface area contributed by atoms with Crippen LogP contribution in [0.15, 0.2) is 40.5 Å². The molecule has 0 aliphatic heterocycles. The lowest BCUT2D eigenvalue weighted by atomic mass is 9.86. The molecule has 0 amide bonds. The number of aromatic nitrogens is 2. The summed E-state index contributed by atoms with van der Waals surface area (Å²) in [4.78, 5) is 56.3. The second-order valence-corrected chi connectivity index (χ2v) is 8.15. The predicted octanol–water partition coefficient (Wildman–Crippen LogP) is 0.984. The Morgan fingerprint density at radius 1 is 1.24 bits per heavy atom. The number of hydrazine groups is 1. The van der Waals surface area contributed by atoms with Crippen molar-refractivity contribution in [3.05, 3.63) is 62.3 Å². The van der Waals surface area contributed by atoms with E-state index in [9.17, 15) is 34.5 Å². The number of aromatic amines is 1. The number of hydrogen-bond acceptors (Lipinski definition) is 9. The van der Waals surface area contributed by atoms with Crippen molar-refractivity contribution in [3.8, 4) is 0 Å². The second-order valence-electron chi connectivity index (χ2n) is 7.20. The van der Waals surface area contributed by atoms with Crippen LogP contribution in [0.4, 0.5) is 0 Å². The number of hydrogen-bond donors (Lipinski definition) is 5. The van der Waals surface area contributed by atoms with Crippen LogP contribution < -0.4 is 11.0 Å². The SMILES string of the molecule is CNN(Cc1ccc2nc(CO)[nH]c(=O)c2c1)[C@@](CCC(=O)O)(C(=O)O)C(=O)c1cccs1. The Bertz CT molecular complexity index is 1240. The van der Waals surface area contributed by atoms with Gasteiger partial charge in [-0.05, 0) is 42.6 Å². The molecule has 33 heavy (non-hydrogen) atoms. The molecular formula is C21H22N4O7S. The van der Waals surface area contributed by atoms with Crippen molar-refractivity contribution in [2.75, 3.05) is 7.05 Å². The molecule has 5 N–H and O–H groups in total. The van der Waals surface area contributed by atoms with Crippen LogP contribution in [0.2, 0.25) is 0 Å². The molecule has 12 heteroatoms. The third-order valence-corrected chi connectivity index (χ3v) is 6.08. The number of carbonyl (C=O) groups excluding carboxylic acids is 1. The molecule has 3 rings (SSSR count). The van der Waals surface area contributed by atoms with Crippen LogP contribution >= 0.6 is 11.3 Å². The zero-order chi connectivity index (χ0) is 24.2. The van der Waals surface area contributed by atoms with E-state index in [0.717, 1.165) is 11.3 Å². The van der Waals surface area contributed by atoms with Crippen molar-refractivity contribution in [2.24, 2.45) is 0 Å². The highest BCUT2D eigenvalue weighted by atomic mass is 32.1. The molecule has 0 bridgehead atoms. The number of aliphatic hydroxyl groups is 1. The van der Waals surface area contributed by atoms with E-state index in [4.69, 9.17) is 0 Å². The average Bonchev–Trinajstić information content (AvgIpc) is 3.33. The molecule has 2 heterocycles. The number of ketones is 1. The molecule has 0 aliphatic carbocycles. The van der Waals surface area contributed by atoms with Crippen molar-refractivity contribution in [3.63, 3.8) is 0 Å². The summed E-state index contributed by atoms with van der Waals surface area (Å²) in [5, 5.41) is 31.6. The summed E-state index contributed by atoms with van der Waals surface area (Å²) >= 11 is 1.06. The number of benzene rings is 1. The summed E-state index contributed by atoms with van der Waals surface area (Å²) < 4.78 is 0. The monoisotopic (exact) mass is 474 g/mol. The number of Topliss-reactive ketones (excluding diaryl/α,β-unsaturated/α-hetero) is 1. The first-order valence-corrected chi connectivity index (χ1v) is 10.7. The summed E-state index contributed by atoms with van der Waals surface area (Å²) in [6.07, 6.45) is -1.03. The highest BCUT2D eigenvalue weighted by Gasteiger charge is 2.51. The number of nitrogens with zero attached hydrogens (tertiary/aromatic N) is 2. The highest BCUT2D eigenvalue weighted by Crippen LogP contribution is 2.30. The van der Waals surface area contributed by atoms with Gasteiger partial charge in [0.05, 0.1) is 15.8 Å². The Kier molecular flexibility index (Phi) is 7.33. The van der Waals surface area contributed by atoms with Gasteiger partial charge in [-0.2, -0.15) is 0 Å². The van der Waals surface area contributed by atoms with E-state index >= 15 is 0 Å². The molecule has 2 aromatic heterocycles. The number of aliphatic hydroxyl groups excluding tert-OH is 1. The number of aliphatic carboxylic acids is 2. The number of carboxylic acids is 2. The fraction of sp³-hybridized carbons (Fsp3) is 0.286. The lowest BCUT2D eigenvalue weighted by molar-refractivity contribution is -0.152.